The molecule has 0 bridgehead atoms. The molecule has 4 nitrogen and oxygen atoms in total. The van der Waals surface area contributed by atoms with Gasteiger partial charge in [0.25, 0.3) is 0 Å². The molecule has 4 aromatic rings. The number of anilines is 1. The summed E-state index contributed by atoms with van der Waals surface area (Å²) in [7, 11) is 0. The van der Waals surface area contributed by atoms with E-state index in [1.54, 1.807) is 0 Å². The van der Waals surface area contributed by atoms with E-state index >= 15 is 0 Å². The van der Waals surface area contributed by atoms with Crippen LogP contribution in [-0.2, 0) is 4.79 Å². The van der Waals surface area contributed by atoms with Crippen molar-refractivity contribution in [2.75, 3.05) is 11.9 Å². The molecule has 1 aromatic heterocycles. The van der Waals surface area contributed by atoms with E-state index in [-0.39, 0.29) is 5.91 Å². The van der Waals surface area contributed by atoms with Gasteiger partial charge in [0, 0.05) is 22.4 Å². The van der Waals surface area contributed by atoms with Crippen LogP contribution in [0.5, 0.6) is 5.75 Å². The summed E-state index contributed by atoms with van der Waals surface area (Å²) in [4.78, 5) is 16.9. The standard InChI is InChI=1S/C27H25ClN2O2S/c1-18-15-23(16-19(2)26(18)28)32-14-6-9-25(31)30-27-29-24(17-33-27)22-12-10-21(11-13-22)20-7-4-3-5-8-20/h3-5,7-8,10-13,15-17H,6,9,14H2,1-2H3,(H,29,30,31). The van der Waals surface area contributed by atoms with Gasteiger partial charge in [-0.15, -0.1) is 11.3 Å². The molecule has 0 radical (unpaired) electrons. The smallest absolute Gasteiger partial charge is 0.226 e. The predicted molar refractivity (Wildman–Crippen MR) is 137 cm³/mol. The zero-order valence-corrected chi connectivity index (χ0v) is 20.2. The highest BCUT2D eigenvalue weighted by atomic mass is 35.5. The Bertz CT molecular complexity index is 1210. The lowest BCUT2D eigenvalue weighted by Gasteiger charge is -2.09. The SMILES string of the molecule is Cc1cc(OCCCC(=O)Nc2nc(-c3ccc(-c4ccccc4)cc3)cs2)cc(C)c1Cl. The summed E-state index contributed by atoms with van der Waals surface area (Å²) in [6, 6.07) is 22.4. The van der Waals surface area contributed by atoms with Crippen LogP contribution in [0.25, 0.3) is 22.4 Å². The molecular formula is C27H25ClN2O2S. The summed E-state index contributed by atoms with van der Waals surface area (Å²) < 4.78 is 5.78. The van der Waals surface area contributed by atoms with Crippen LogP contribution in [0, 0.1) is 13.8 Å². The Hall–Kier alpha value is -3.15. The van der Waals surface area contributed by atoms with Crippen LogP contribution in [0.3, 0.4) is 0 Å². The number of nitrogens with one attached hydrogen (secondary N) is 1. The van der Waals surface area contributed by atoms with Crippen molar-refractivity contribution in [2.45, 2.75) is 26.7 Å². The topological polar surface area (TPSA) is 51.2 Å². The summed E-state index contributed by atoms with van der Waals surface area (Å²) in [5, 5.41) is 6.21. The van der Waals surface area contributed by atoms with Crippen molar-refractivity contribution in [3.63, 3.8) is 0 Å². The molecule has 0 aliphatic rings. The number of halogens is 1. The number of aryl methyl sites for hydroxylation is 2. The van der Waals surface area contributed by atoms with Gasteiger partial charge in [0.2, 0.25) is 5.91 Å². The lowest BCUT2D eigenvalue weighted by atomic mass is 10.0. The molecule has 0 atom stereocenters. The Morgan fingerprint density at radius 2 is 1.61 bits per heavy atom. The number of hydrogen-bond donors (Lipinski definition) is 1. The molecule has 168 valence electrons. The third-order valence-corrected chi connectivity index (χ3v) is 6.62. The first-order chi connectivity index (χ1) is 16.0. The van der Waals surface area contributed by atoms with Crippen LogP contribution in [0.15, 0.2) is 72.1 Å². The van der Waals surface area contributed by atoms with Crippen molar-refractivity contribution >= 4 is 34.0 Å². The summed E-state index contributed by atoms with van der Waals surface area (Å²) in [6.45, 7) is 4.37. The number of rotatable bonds is 8. The van der Waals surface area contributed by atoms with Crippen molar-refractivity contribution < 1.29 is 9.53 Å². The highest BCUT2D eigenvalue weighted by Gasteiger charge is 2.09. The monoisotopic (exact) mass is 476 g/mol. The van der Waals surface area contributed by atoms with Gasteiger partial charge < -0.3 is 10.1 Å². The maximum absolute atomic E-state index is 12.3. The molecule has 0 aliphatic carbocycles. The van der Waals surface area contributed by atoms with Crippen molar-refractivity contribution in [2.24, 2.45) is 0 Å². The normalized spacial score (nSPS) is 10.8. The van der Waals surface area contributed by atoms with Gasteiger partial charge in [-0.3, -0.25) is 4.79 Å². The van der Waals surface area contributed by atoms with Gasteiger partial charge in [-0.05, 0) is 54.7 Å². The fraction of sp³-hybridized carbons (Fsp3) is 0.185. The third-order valence-electron chi connectivity index (χ3n) is 5.27. The minimum absolute atomic E-state index is 0.0672. The second-order valence-corrected chi connectivity index (χ2v) is 9.09. The predicted octanol–water partition coefficient (Wildman–Crippen LogP) is 7.55. The van der Waals surface area contributed by atoms with Gasteiger partial charge >= 0.3 is 0 Å². The number of carbonyl (C=O) groups is 1. The Morgan fingerprint density at radius 1 is 0.970 bits per heavy atom. The Morgan fingerprint density at radius 3 is 2.30 bits per heavy atom. The molecule has 1 amide bonds. The van der Waals surface area contributed by atoms with Crippen LogP contribution in [-0.4, -0.2) is 17.5 Å². The van der Waals surface area contributed by atoms with Crippen LogP contribution < -0.4 is 10.1 Å². The molecular weight excluding hydrogens is 452 g/mol. The largest absolute Gasteiger partial charge is 0.494 e. The number of carbonyl (C=O) groups excluding carboxylic acids is 1. The molecule has 0 unspecified atom stereocenters. The number of hydrogen-bond acceptors (Lipinski definition) is 4. The van der Waals surface area contributed by atoms with Gasteiger partial charge in [-0.2, -0.15) is 0 Å². The fourth-order valence-electron chi connectivity index (χ4n) is 3.52. The summed E-state index contributed by atoms with van der Waals surface area (Å²) >= 11 is 7.62. The Labute approximate surface area is 203 Å². The van der Waals surface area contributed by atoms with Crippen LogP contribution in [0.2, 0.25) is 5.02 Å². The zero-order chi connectivity index (χ0) is 23.2. The maximum Gasteiger partial charge on any atom is 0.226 e. The summed E-state index contributed by atoms with van der Waals surface area (Å²) in [5.41, 5.74) is 6.19. The molecule has 0 fully saturated rings. The molecule has 6 heteroatoms. The Balaban J connectivity index is 1.26. The van der Waals surface area contributed by atoms with E-state index in [1.807, 2.05) is 49.6 Å². The molecule has 0 saturated carbocycles. The second kappa shape index (κ2) is 10.6. The first kappa shape index (κ1) is 23.0. The fourth-order valence-corrected chi connectivity index (χ4v) is 4.37. The molecule has 1 heterocycles. The summed E-state index contributed by atoms with van der Waals surface area (Å²) in [6.07, 6.45) is 0.984. The molecule has 0 saturated heterocycles. The minimum Gasteiger partial charge on any atom is -0.494 e. The Kier molecular flexibility index (Phi) is 7.43. The third kappa shape index (κ3) is 6.01. The van der Waals surface area contributed by atoms with E-state index in [9.17, 15) is 4.79 Å². The zero-order valence-electron chi connectivity index (χ0n) is 18.6. The van der Waals surface area contributed by atoms with Crippen molar-refractivity contribution in [1.82, 2.24) is 4.98 Å². The van der Waals surface area contributed by atoms with E-state index in [2.05, 4.69) is 46.7 Å². The molecule has 33 heavy (non-hydrogen) atoms. The van der Waals surface area contributed by atoms with Crippen LogP contribution in [0.1, 0.15) is 24.0 Å². The van der Waals surface area contributed by atoms with Crippen LogP contribution in [0.4, 0.5) is 5.13 Å². The lowest BCUT2D eigenvalue weighted by Crippen LogP contribution is -2.12. The number of benzene rings is 3. The quantitative estimate of drug-likeness (QED) is 0.267. The van der Waals surface area contributed by atoms with E-state index in [1.165, 1.54) is 16.9 Å². The van der Waals surface area contributed by atoms with Gasteiger partial charge in [0.05, 0.1) is 12.3 Å². The first-order valence-corrected chi connectivity index (χ1v) is 12.1. The second-order valence-electron chi connectivity index (χ2n) is 7.85. The van der Waals surface area contributed by atoms with Gasteiger partial charge in [0.15, 0.2) is 5.13 Å². The molecule has 0 aliphatic heterocycles. The first-order valence-electron chi connectivity index (χ1n) is 10.8. The van der Waals surface area contributed by atoms with Crippen LogP contribution >= 0.6 is 22.9 Å². The van der Waals surface area contributed by atoms with Crippen molar-refractivity contribution in [1.29, 1.82) is 0 Å². The highest BCUT2D eigenvalue weighted by molar-refractivity contribution is 7.14. The number of nitrogens with zero attached hydrogens (tertiary/aromatic N) is 1. The molecule has 4 rings (SSSR count). The van der Waals surface area contributed by atoms with Gasteiger partial charge in [-0.1, -0.05) is 66.2 Å². The molecule has 3 aromatic carbocycles. The molecule has 1 N–H and O–H groups in total. The van der Waals surface area contributed by atoms with Crippen molar-refractivity contribution in [3.05, 3.63) is 88.3 Å². The number of ether oxygens (including phenoxy) is 1. The number of aromatic nitrogens is 1. The lowest BCUT2D eigenvalue weighted by molar-refractivity contribution is -0.116. The average molecular weight is 477 g/mol. The van der Waals surface area contributed by atoms with E-state index in [0.717, 1.165) is 38.7 Å². The van der Waals surface area contributed by atoms with Gasteiger partial charge in [-0.25, -0.2) is 4.98 Å². The van der Waals surface area contributed by atoms with E-state index in [4.69, 9.17) is 16.3 Å². The van der Waals surface area contributed by atoms with Gasteiger partial charge in [0.1, 0.15) is 5.75 Å². The van der Waals surface area contributed by atoms with Crippen molar-refractivity contribution in [3.8, 4) is 28.1 Å². The van der Waals surface area contributed by atoms with E-state index < -0.39 is 0 Å². The highest BCUT2D eigenvalue weighted by Crippen LogP contribution is 2.28. The summed E-state index contributed by atoms with van der Waals surface area (Å²) in [5.74, 6) is 0.708. The number of thiazole rings is 1. The minimum atomic E-state index is -0.0672. The maximum atomic E-state index is 12.3. The number of amides is 1. The average Bonchev–Trinajstić information content (AvgIpc) is 3.29. The van der Waals surface area contributed by atoms with E-state index in [0.29, 0.717) is 24.6 Å². The molecule has 0 spiro atoms.